The van der Waals surface area contributed by atoms with E-state index in [4.69, 9.17) is 9.72 Å². The number of carboxylic acid groups (broad SMARTS) is 1. The Balaban J connectivity index is 1.97. The third-order valence-electron chi connectivity index (χ3n) is 5.63. The summed E-state index contributed by atoms with van der Waals surface area (Å²) >= 11 is 0. The van der Waals surface area contributed by atoms with E-state index in [1.165, 1.54) is 5.56 Å². The molecule has 1 atom stereocenters. The van der Waals surface area contributed by atoms with Crippen molar-refractivity contribution in [2.45, 2.75) is 52.9 Å². The lowest BCUT2D eigenvalue weighted by Crippen LogP contribution is -2.28. The van der Waals surface area contributed by atoms with Crippen LogP contribution in [0.4, 0.5) is 0 Å². The van der Waals surface area contributed by atoms with Gasteiger partial charge in [-0.2, -0.15) is 0 Å². The van der Waals surface area contributed by atoms with Crippen molar-refractivity contribution in [2.24, 2.45) is 0 Å². The fourth-order valence-electron chi connectivity index (χ4n) is 4.18. The minimum absolute atomic E-state index is 0.603. The van der Waals surface area contributed by atoms with Crippen molar-refractivity contribution in [3.63, 3.8) is 0 Å². The van der Waals surface area contributed by atoms with Crippen LogP contribution in [0.3, 0.4) is 0 Å². The van der Waals surface area contributed by atoms with E-state index < -0.39 is 17.7 Å². The highest BCUT2D eigenvalue weighted by Gasteiger charge is 2.32. The van der Waals surface area contributed by atoms with Crippen molar-refractivity contribution in [3.8, 4) is 11.1 Å². The predicted molar refractivity (Wildman–Crippen MR) is 131 cm³/mol. The van der Waals surface area contributed by atoms with Gasteiger partial charge in [0.05, 0.1) is 5.60 Å². The van der Waals surface area contributed by atoms with Gasteiger partial charge in [0.1, 0.15) is 5.65 Å². The molecule has 0 bridgehead atoms. The molecule has 4 aromatic rings. The van der Waals surface area contributed by atoms with Crippen molar-refractivity contribution in [2.75, 3.05) is 0 Å². The average molecular weight is 443 g/mol. The average Bonchev–Trinajstić information content (AvgIpc) is 3.14. The Bertz CT molecular complexity index is 1280. The maximum atomic E-state index is 12.4. The van der Waals surface area contributed by atoms with Crippen LogP contribution in [0.25, 0.3) is 22.2 Å². The molecule has 0 aliphatic heterocycles. The van der Waals surface area contributed by atoms with E-state index in [1.807, 2.05) is 89.3 Å². The molecule has 0 saturated heterocycles. The van der Waals surface area contributed by atoms with Crippen molar-refractivity contribution in [3.05, 3.63) is 89.2 Å². The molecule has 0 fully saturated rings. The second-order valence-electron chi connectivity index (χ2n) is 9.47. The highest BCUT2D eigenvalue weighted by atomic mass is 16.5. The van der Waals surface area contributed by atoms with Crippen LogP contribution in [0, 0.1) is 13.8 Å². The van der Waals surface area contributed by atoms with Gasteiger partial charge >= 0.3 is 5.97 Å². The number of benzene rings is 2. The normalized spacial score (nSPS) is 12.8. The quantitative estimate of drug-likeness (QED) is 0.380. The zero-order chi connectivity index (χ0) is 23.8. The molecule has 5 nitrogen and oxygen atoms in total. The molecular formula is C28H30N2O3. The number of carboxylic acids is 1. The molecule has 0 saturated carbocycles. The second-order valence-corrected chi connectivity index (χ2v) is 9.47. The molecule has 1 unspecified atom stereocenters. The molecule has 0 amide bonds. The van der Waals surface area contributed by atoms with E-state index in [1.54, 1.807) is 0 Å². The number of aliphatic carboxylic acids is 1. The molecule has 0 spiro atoms. The van der Waals surface area contributed by atoms with Crippen molar-refractivity contribution < 1.29 is 14.6 Å². The summed E-state index contributed by atoms with van der Waals surface area (Å²) in [5, 5.41) is 11.1. The first-order valence-electron chi connectivity index (χ1n) is 11.1. The Labute approximate surface area is 194 Å². The zero-order valence-corrected chi connectivity index (χ0v) is 19.8. The third-order valence-corrected chi connectivity index (χ3v) is 5.63. The fraction of sp³-hybridized carbons (Fsp3) is 0.286. The van der Waals surface area contributed by atoms with Crippen molar-refractivity contribution in [1.29, 1.82) is 0 Å². The van der Waals surface area contributed by atoms with Gasteiger partial charge in [-0.1, -0.05) is 60.2 Å². The highest BCUT2D eigenvalue weighted by molar-refractivity contribution is 5.97. The van der Waals surface area contributed by atoms with Crippen LogP contribution in [0.5, 0.6) is 0 Å². The van der Waals surface area contributed by atoms with Crippen LogP contribution in [-0.4, -0.2) is 26.2 Å². The number of rotatable bonds is 6. The monoisotopic (exact) mass is 442 g/mol. The number of ether oxygens (including phenoxy) is 1. The number of carbonyl (C=O) groups is 1. The number of fused-ring (bicyclic) bond motifs is 1. The van der Waals surface area contributed by atoms with Gasteiger partial charge in [0.15, 0.2) is 6.10 Å². The number of pyridine rings is 1. The van der Waals surface area contributed by atoms with E-state index in [2.05, 4.69) is 16.7 Å². The van der Waals surface area contributed by atoms with Crippen LogP contribution in [0.15, 0.2) is 66.9 Å². The first-order valence-corrected chi connectivity index (χ1v) is 11.1. The maximum Gasteiger partial charge on any atom is 0.337 e. The lowest BCUT2D eigenvalue weighted by atomic mass is 9.92. The number of hydrogen-bond acceptors (Lipinski definition) is 3. The molecule has 1 N–H and O–H groups in total. The standard InChI is InChI=1S/C28H30N2O3/c1-18-11-13-21(14-12-18)24-22-15-16-30(17-20-9-7-6-8-10-20)26(22)29-19(2)23(24)25(27(31)32)33-28(3,4)5/h6-16,25H,17H2,1-5H3,(H,31,32). The van der Waals surface area contributed by atoms with E-state index in [0.717, 1.165) is 27.7 Å². The Hall–Kier alpha value is -3.44. The molecule has 5 heteroatoms. The van der Waals surface area contributed by atoms with Crippen LogP contribution in [0.1, 0.15) is 49.3 Å². The minimum Gasteiger partial charge on any atom is -0.479 e. The molecule has 2 aromatic heterocycles. The second kappa shape index (κ2) is 8.83. The summed E-state index contributed by atoms with van der Waals surface area (Å²) in [6, 6.07) is 20.4. The largest absolute Gasteiger partial charge is 0.479 e. The molecule has 0 radical (unpaired) electrons. The Morgan fingerprint density at radius 3 is 2.30 bits per heavy atom. The number of aromatic nitrogens is 2. The predicted octanol–water partition coefficient (Wildman–Crippen LogP) is 6.31. The summed E-state index contributed by atoms with van der Waals surface area (Å²) in [5.74, 6) is -1.02. The summed E-state index contributed by atoms with van der Waals surface area (Å²) < 4.78 is 8.17. The fourth-order valence-corrected chi connectivity index (χ4v) is 4.18. The number of aryl methyl sites for hydroxylation is 2. The summed E-state index contributed by atoms with van der Waals surface area (Å²) in [6.07, 6.45) is 0.891. The number of nitrogens with zero attached hydrogens (tertiary/aromatic N) is 2. The van der Waals surface area contributed by atoms with Gasteiger partial charge in [0.25, 0.3) is 0 Å². The Kier molecular flexibility index (Phi) is 6.09. The minimum atomic E-state index is -1.13. The Morgan fingerprint density at radius 2 is 1.70 bits per heavy atom. The van der Waals surface area contributed by atoms with Crippen LogP contribution in [-0.2, 0) is 16.1 Å². The third kappa shape index (κ3) is 4.83. The SMILES string of the molecule is Cc1ccc(-c2c(C(OC(C)(C)C)C(=O)O)c(C)nc3c2ccn3Cc2ccccc2)cc1. The topological polar surface area (TPSA) is 64.3 Å². The summed E-state index contributed by atoms with van der Waals surface area (Å²) in [7, 11) is 0. The summed E-state index contributed by atoms with van der Waals surface area (Å²) in [5.41, 5.74) is 5.59. The van der Waals surface area contributed by atoms with Crippen LogP contribution in [0.2, 0.25) is 0 Å². The smallest absolute Gasteiger partial charge is 0.337 e. The molecule has 2 aromatic carbocycles. The maximum absolute atomic E-state index is 12.4. The van der Waals surface area contributed by atoms with Gasteiger partial charge in [0.2, 0.25) is 0 Å². The van der Waals surface area contributed by atoms with Gasteiger partial charge in [-0.3, -0.25) is 0 Å². The zero-order valence-electron chi connectivity index (χ0n) is 19.8. The lowest BCUT2D eigenvalue weighted by Gasteiger charge is -2.28. The van der Waals surface area contributed by atoms with Gasteiger partial charge in [-0.25, -0.2) is 9.78 Å². The molecule has 4 rings (SSSR count). The van der Waals surface area contributed by atoms with E-state index in [-0.39, 0.29) is 0 Å². The number of hydrogen-bond donors (Lipinski definition) is 1. The van der Waals surface area contributed by atoms with Crippen LogP contribution >= 0.6 is 0 Å². The first kappa shape index (κ1) is 22.7. The molecule has 0 aliphatic carbocycles. The molecular weight excluding hydrogens is 412 g/mol. The van der Waals surface area contributed by atoms with Crippen molar-refractivity contribution in [1.82, 2.24) is 9.55 Å². The van der Waals surface area contributed by atoms with Crippen LogP contribution < -0.4 is 0 Å². The van der Waals surface area contributed by atoms with Gasteiger partial charge in [-0.05, 0) is 51.8 Å². The lowest BCUT2D eigenvalue weighted by molar-refractivity contribution is -0.160. The van der Waals surface area contributed by atoms with E-state index in [9.17, 15) is 9.90 Å². The van der Waals surface area contributed by atoms with E-state index in [0.29, 0.717) is 17.8 Å². The van der Waals surface area contributed by atoms with Gasteiger partial charge < -0.3 is 14.4 Å². The van der Waals surface area contributed by atoms with E-state index >= 15 is 0 Å². The van der Waals surface area contributed by atoms with Gasteiger partial charge in [-0.15, -0.1) is 0 Å². The summed E-state index contributed by atoms with van der Waals surface area (Å²) in [4.78, 5) is 17.3. The van der Waals surface area contributed by atoms with Crippen molar-refractivity contribution >= 4 is 17.0 Å². The molecule has 2 heterocycles. The molecule has 0 aliphatic rings. The molecule has 170 valence electrons. The summed E-state index contributed by atoms with van der Waals surface area (Å²) in [6.45, 7) is 10.2. The highest BCUT2D eigenvalue weighted by Crippen LogP contribution is 2.39. The molecule has 33 heavy (non-hydrogen) atoms. The Morgan fingerprint density at radius 1 is 1.03 bits per heavy atom. The first-order chi connectivity index (χ1) is 15.6. The van der Waals surface area contributed by atoms with Gasteiger partial charge in [0, 0.05) is 34.9 Å².